The number of hydrogen-bond donors (Lipinski definition) is 0. The summed E-state index contributed by atoms with van der Waals surface area (Å²) in [7, 11) is 0. The van der Waals surface area contributed by atoms with Crippen LogP contribution in [0.4, 0.5) is 0 Å². The first kappa shape index (κ1) is 13.0. The highest BCUT2D eigenvalue weighted by Crippen LogP contribution is 2.30. The lowest BCUT2D eigenvalue weighted by Gasteiger charge is -2.07. The summed E-state index contributed by atoms with van der Waals surface area (Å²) in [6, 6.07) is 27.8. The zero-order valence-electron chi connectivity index (χ0n) is 11.4. The molecule has 0 fully saturated rings. The van der Waals surface area contributed by atoms with Crippen LogP contribution in [-0.4, -0.2) is 0 Å². The van der Waals surface area contributed by atoms with Gasteiger partial charge in [0.1, 0.15) is 0 Å². The standard InChI is InChI=1S/C19H16S/c1-15-7-5-6-10-19(15)16-11-13-18(14-12-16)20-17-8-3-2-4-9-17/h2-14H,1H3. The van der Waals surface area contributed by atoms with Crippen LogP contribution in [0, 0.1) is 6.92 Å². The predicted octanol–water partition coefficient (Wildman–Crippen LogP) is 5.81. The van der Waals surface area contributed by atoms with Gasteiger partial charge in [0.15, 0.2) is 0 Å². The number of aryl methyl sites for hydroxylation is 1. The van der Waals surface area contributed by atoms with Crippen molar-refractivity contribution in [2.24, 2.45) is 0 Å². The van der Waals surface area contributed by atoms with E-state index in [4.69, 9.17) is 0 Å². The van der Waals surface area contributed by atoms with Gasteiger partial charge >= 0.3 is 0 Å². The van der Waals surface area contributed by atoms with E-state index in [-0.39, 0.29) is 0 Å². The zero-order valence-corrected chi connectivity index (χ0v) is 12.2. The van der Waals surface area contributed by atoms with Crippen molar-refractivity contribution in [3.8, 4) is 11.1 Å². The Morgan fingerprint density at radius 3 is 1.90 bits per heavy atom. The average Bonchev–Trinajstić information content (AvgIpc) is 2.50. The van der Waals surface area contributed by atoms with E-state index in [9.17, 15) is 0 Å². The van der Waals surface area contributed by atoms with Crippen LogP contribution in [0.25, 0.3) is 11.1 Å². The van der Waals surface area contributed by atoms with Crippen LogP contribution in [0.5, 0.6) is 0 Å². The van der Waals surface area contributed by atoms with Crippen LogP contribution in [-0.2, 0) is 0 Å². The molecule has 0 N–H and O–H groups in total. The average molecular weight is 276 g/mol. The van der Waals surface area contributed by atoms with Crippen molar-refractivity contribution in [3.05, 3.63) is 84.4 Å². The lowest BCUT2D eigenvalue weighted by molar-refractivity contribution is 1.39. The van der Waals surface area contributed by atoms with Crippen LogP contribution in [0.1, 0.15) is 5.56 Å². The second-order valence-electron chi connectivity index (χ2n) is 4.75. The highest BCUT2D eigenvalue weighted by Gasteiger charge is 2.02. The Morgan fingerprint density at radius 1 is 0.600 bits per heavy atom. The van der Waals surface area contributed by atoms with Gasteiger partial charge in [0.25, 0.3) is 0 Å². The van der Waals surface area contributed by atoms with Crippen LogP contribution in [0.2, 0.25) is 0 Å². The monoisotopic (exact) mass is 276 g/mol. The van der Waals surface area contributed by atoms with Gasteiger partial charge in [0, 0.05) is 9.79 Å². The van der Waals surface area contributed by atoms with Crippen molar-refractivity contribution in [2.75, 3.05) is 0 Å². The minimum atomic E-state index is 1.27. The summed E-state index contributed by atoms with van der Waals surface area (Å²) in [6.45, 7) is 2.15. The summed E-state index contributed by atoms with van der Waals surface area (Å²) < 4.78 is 0. The highest BCUT2D eigenvalue weighted by atomic mass is 32.2. The molecule has 0 unspecified atom stereocenters. The van der Waals surface area contributed by atoms with Crippen LogP contribution in [0.3, 0.4) is 0 Å². The fourth-order valence-electron chi connectivity index (χ4n) is 2.22. The second-order valence-corrected chi connectivity index (χ2v) is 5.90. The largest absolute Gasteiger partial charge is 0.0901 e. The molecule has 1 heteroatoms. The summed E-state index contributed by atoms with van der Waals surface area (Å²) in [5.74, 6) is 0. The minimum absolute atomic E-state index is 1.27. The third-order valence-corrected chi connectivity index (χ3v) is 4.31. The Kier molecular flexibility index (Phi) is 3.89. The molecule has 3 aromatic rings. The Balaban J connectivity index is 1.83. The van der Waals surface area contributed by atoms with Gasteiger partial charge in [0.2, 0.25) is 0 Å². The van der Waals surface area contributed by atoms with E-state index in [1.54, 1.807) is 11.8 Å². The third kappa shape index (κ3) is 2.94. The molecule has 20 heavy (non-hydrogen) atoms. The molecule has 3 rings (SSSR count). The van der Waals surface area contributed by atoms with Crippen LogP contribution >= 0.6 is 11.8 Å². The Bertz CT molecular complexity index is 684. The maximum absolute atomic E-state index is 2.20. The van der Waals surface area contributed by atoms with Crippen molar-refractivity contribution in [3.63, 3.8) is 0 Å². The van der Waals surface area contributed by atoms with E-state index in [1.165, 1.54) is 26.5 Å². The molecule has 0 aromatic heterocycles. The van der Waals surface area contributed by atoms with E-state index >= 15 is 0 Å². The molecule has 0 aliphatic carbocycles. The first-order valence-electron chi connectivity index (χ1n) is 6.72. The molecule has 0 saturated carbocycles. The summed E-state index contributed by atoms with van der Waals surface area (Å²) >= 11 is 1.80. The summed E-state index contributed by atoms with van der Waals surface area (Å²) in [4.78, 5) is 2.55. The smallest absolute Gasteiger partial charge is 0.0122 e. The number of hydrogen-bond acceptors (Lipinski definition) is 1. The number of benzene rings is 3. The van der Waals surface area contributed by atoms with Gasteiger partial charge in [-0.1, -0.05) is 66.4 Å². The zero-order chi connectivity index (χ0) is 13.8. The van der Waals surface area contributed by atoms with Crippen molar-refractivity contribution in [1.82, 2.24) is 0 Å². The molecule has 0 saturated heterocycles. The Morgan fingerprint density at radius 2 is 1.20 bits per heavy atom. The van der Waals surface area contributed by atoms with E-state index in [0.29, 0.717) is 0 Å². The van der Waals surface area contributed by atoms with Gasteiger partial charge in [-0.05, 0) is 47.9 Å². The van der Waals surface area contributed by atoms with Gasteiger partial charge in [-0.15, -0.1) is 0 Å². The molecule has 3 aromatic carbocycles. The second kappa shape index (κ2) is 5.98. The molecule has 0 amide bonds. The molecule has 0 bridgehead atoms. The van der Waals surface area contributed by atoms with Gasteiger partial charge in [0.05, 0.1) is 0 Å². The molecule has 0 aliphatic heterocycles. The molecular weight excluding hydrogens is 260 g/mol. The van der Waals surface area contributed by atoms with Gasteiger partial charge < -0.3 is 0 Å². The van der Waals surface area contributed by atoms with Crippen LogP contribution in [0.15, 0.2) is 88.7 Å². The fraction of sp³-hybridized carbons (Fsp3) is 0.0526. The van der Waals surface area contributed by atoms with Gasteiger partial charge in [-0.3, -0.25) is 0 Å². The lowest BCUT2D eigenvalue weighted by Crippen LogP contribution is -1.82. The van der Waals surface area contributed by atoms with Crippen molar-refractivity contribution < 1.29 is 0 Å². The van der Waals surface area contributed by atoms with E-state index < -0.39 is 0 Å². The van der Waals surface area contributed by atoms with E-state index in [1.807, 2.05) is 6.07 Å². The van der Waals surface area contributed by atoms with Gasteiger partial charge in [-0.2, -0.15) is 0 Å². The maximum atomic E-state index is 2.20. The van der Waals surface area contributed by atoms with Crippen LogP contribution < -0.4 is 0 Å². The van der Waals surface area contributed by atoms with Crippen molar-refractivity contribution in [1.29, 1.82) is 0 Å². The molecule has 0 heterocycles. The Hall–Kier alpha value is -1.99. The SMILES string of the molecule is Cc1ccccc1-c1ccc(Sc2ccccc2)cc1. The quantitative estimate of drug-likeness (QED) is 0.581. The van der Waals surface area contributed by atoms with E-state index in [0.717, 1.165) is 0 Å². The molecular formula is C19H16S. The fourth-order valence-corrected chi connectivity index (χ4v) is 3.06. The Labute approximate surface area is 124 Å². The number of rotatable bonds is 3. The molecule has 0 radical (unpaired) electrons. The van der Waals surface area contributed by atoms with Crippen molar-refractivity contribution >= 4 is 11.8 Å². The van der Waals surface area contributed by atoms with E-state index in [2.05, 4.69) is 79.7 Å². The third-order valence-electron chi connectivity index (χ3n) is 3.29. The topological polar surface area (TPSA) is 0 Å². The summed E-state index contributed by atoms with van der Waals surface area (Å²) in [6.07, 6.45) is 0. The summed E-state index contributed by atoms with van der Waals surface area (Å²) in [5, 5.41) is 0. The molecule has 0 aliphatic rings. The molecule has 98 valence electrons. The first-order valence-corrected chi connectivity index (χ1v) is 7.53. The summed E-state index contributed by atoms with van der Waals surface area (Å²) in [5.41, 5.74) is 3.90. The first-order chi connectivity index (χ1) is 9.83. The molecule has 0 spiro atoms. The molecule has 0 nitrogen and oxygen atoms in total. The lowest BCUT2D eigenvalue weighted by atomic mass is 10.0. The van der Waals surface area contributed by atoms with Crippen molar-refractivity contribution in [2.45, 2.75) is 16.7 Å². The predicted molar refractivity (Wildman–Crippen MR) is 87.2 cm³/mol. The van der Waals surface area contributed by atoms with Gasteiger partial charge in [-0.25, -0.2) is 0 Å². The minimum Gasteiger partial charge on any atom is -0.0901 e. The molecule has 0 atom stereocenters. The normalized spacial score (nSPS) is 10.4. The highest BCUT2D eigenvalue weighted by molar-refractivity contribution is 7.99. The maximum Gasteiger partial charge on any atom is 0.0122 e.